The molecule has 0 bridgehead atoms. The van der Waals surface area contributed by atoms with Crippen LogP contribution in [0.15, 0.2) is 78.9 Å². The van der Waals surface area contributed by atoms with Gasteiger partial charge in [-0.1, -0.05) is 48.0 Å². The molecule has 4 heteroatoms. The standard InChI is InChI=1S/C25H27N3O/c1-20-7-11-22(12-8-20)25(29)26-23-13-9-21(10-14-23)19-27-15-17-28(18-16-27)24-5-3-2-4-6-24/h2-14H,15-19H2,1H3,(H,26,29). The smallest absolute Gasteiger partial charge is 0.255 e. The predicted molar refractivity (Wildman–Crippen MR) is 120 cm³/mol. The van der Waals surface area contributed by atoms with Gasteiger partial charge in [0.05, 0.1) is 0 Å². The first-order valence-corrected chi connectivity index (χ1v) is 10.2. The first kappa shape index (κ1) is 19.2. The lowest BCUT2D eigenvalue weighted by atomic mass is 10.1. The molecule has 0 saturated carbocycles. The van der Waals surface area contributed by atoms with Crippen molar-refractivity contribution in [2.24, 2.45) is 0 Å². The van der Waals surface area contributed by atoms with E-state index in [2.05, 4.69) is 57.6 Å². The summed E-state index contributed by atoms with van der Waals surface area (Å²) in [6.45, 7) is 7.17. The zero-order chi connectivity index (χ0) is 20.1. The van der Waals surface area contributed by atoms with Crippen LogP contribution in [-0.4, -0.2) is 37.0 Å². The van der Waals surface area contributed by atoms with Crippen molar-refractivity contribution in [3.63, 3.8) is 0 Å². The average molecular weight is 386 g/mol. The molecule has 1 N–H and O–H groups in total. The zero-order valence-corrected chi connectivity index (χ0v) is 16.8. The first-order valence-electron chi connectivity index (χ1n) is 10.2. The van der Waals surface area contributed by atoms with Crippen LogP contribution >= 0.6 is 0 Å². The maximum Gasteiger partial charge on any atom is 0.255 e. The lowest BCUT2D eigenvalue weighted by Crippen LogP contribution is -2.45. The van der Waals surface area contributed by atoms with Crippen molar-refractivity contribution < 1.29 is 4.79 Å². The molecule has 0 aliphatic carbocycles. The van der Waals surface area contributed by atoms with E-state index in [1.54, 1.807) is 0 Å². The second kappa shape index (κ2) is 8.93. The van der Waals surface area contributed by atoms with Gasteiger partial charge in [0.15, 0.2) is 0 Å². The number of nitrogens with one attached hydrogen (secondary N) is 1. The Bertz CT molecular complexity index is 928. The third-order valence-electron chi connectivity index (χ3n) is 5.43. The van der Waals surface area contributed by atoms with E-state index in [9.17, 15) is 4.79 Å². The molecule has 4 rings (SSSR count). The summed E-state index contributed by atoms with van der Waals surface area (Å²) in [6, 6.07) is 26.4. The number of hydrogen-bond acceptors (Lipinski definition) is 3. The van der Waals surface area contributed by atoms with Gasteiger partial charge in [-0.25, -0.2) is 0 Å². The highest BCUT2D eigenvalue weighted by Crippen LogP contribution is 2.18. The number of rotatable bonds is 5. The molecule has 3 aromatic rings. The molecule has 1 saturated heterocycles. The molecule has 29 heavy (non-hydrogen) atoms. The fourth-order valence-corrected chi connectivity index (χ4v) is 3.66. The van der Waals surface area contributed by atoms with Crippen LogP contribution in [0.25, 0.3) is 0 Å². The maximum atomic E-state index is 12.4. The Balaban J connectivity index is 1.28. The minimum Gasteiger partial charge on any atom is -0.369 e. The molecule has 1 amide bonds. The summed E-state index contributed by atoms with van der Waals surface area (Å²) in [7, 11) is 0. The van der Waals surface area contributed by atoms with E-state index in [4.69, 9.17) is 0 Å². The van der Waals surface area contributed by atoms with Crippen LogP contribution in [0.4, 0.5) is 11.4 Å². The predicted octanol–water partition coefficient (Wildman–Crippen LogP) is 4.57. The molecule has 3 aromatic carbocycles. The Morgan fingerprint density at radius 1 is 0.828 bits per heavy atom. The van der Waals surface area contributed by atoms with E-state index in [0.29, 0.717) is 5.56 Å². The Kier molecular flexibility index (Phi) is 5.92. The number of amides is 1. The Labute approximate surface area is 172 Å². The molecule has 0 spiro atoms. The van der Waals surface area contributed by atoms with Crippen LogP contribution in [0.3, 0.4) is 0 Å². The number of para-hydroxylation sites is 1. The zero-order valence-electron chi connectivity index (χ0n) is 16.8. The Hall–Kier alpha value is -3.11. The van der Waals surface area contributed by atoms with Gasteiger partial charge in [-0.2, -0.15) is 0 Å². The van der Waals surface area contributed by atoms with E-state index in [0.717, 1.165) is 44.0 Å². The number of benzene rings is 3. The summed E-state index contributed by atoms with van der Waals surface area (Å²) in [5.74, 6) is -0.0743. The molecular formula is C25H27N3O. The Morgan fingerprint density at radius 3 is 2.14 bits per heavy atom. The van der Waals surface area contributed by atoms with Gasteiger partial charge in [0.25, 0.3) is 5.91 Å². The highest BCUT2D eigenvalue weighted by atomic mass is 16.1. The lowest BCUT2D eigenvalue weighted by Gasteiger charge is -2.36. The number of carbonyl (C=O) groups excluding carboxylic acids is 1. The summed E-state index contributed by atoms with van der Waals surface area (Å²) in [4.78, 5) is 17.3. The molecule has 1 heterocycles. The minimum atomic E-state index is -0.0743. The van der Waals surface area contributed by atoms with Gasteiger partial charge in [0.2, 0.25) is 0 Å². The van der Waals surface area contributed by atoms with Gasteiger partial charge in [-0.3, -0.25) is 9.69 Å². The van der Waals surface area contributed by atoms with E-state index in [1.807, 2.05) is 43.3 Å². The van der Waals surface area contributed by atoms with Gasteiger partial charge in [-0.15, -0.1) is 0 Å². The third kappa shape index (κ3) is 5.04. The number of nitrogens with zero attached hydrogens (tertiary/aromatic N) is 2. The van der Waals surface area contributed by atoms with Crippen LogP contribution in [0.2, 0.25) is 0 Å². The average Bonchev–Trinajstić information content (AvgIpc) is 2.77. The summed E-state index contributed by atoms with van der Waals surface area (Å²) in [6.07, 6.45) is 0. The quantitative estimate of drug-likeness (QED) is 0.699. The summed E-state index contributed by atoms with van der Waals surface area (Å²) in [5, 5.41) is 2.97. The fourth-order valence-electron chi connectivity index (χ4n) is 3.66. The fraction of sp³-hybridized carbons (Fsp3) is 0.240. The SMILES string of the molecule is Cc1ccc(C(=O)Nc2ccc(CN3CCN(c4ccccc4)CC3)cc2)cc1. The largest absolute Gasteiger partial charge is 0.369 e. The minimum absolute atomic E-state index is 0.0743. The van der Waals surface area contributed by atoms with Gasteiger partial charge < -0.3 is 10.2 Å². The van der Waals surface area contributed by atoms with Crippen LogP contribution < -0.4 is 10.2 Å². The molecule has 0 radical (unpaired) electrons. The van der Waals surface area contributed by atoms with Crippen LogP contribution in [0.1, 0.15) is 21.5 Å². The number of anilines is 2. The molecule has 0 aromatic heterocycles. The molecular weight excluding hydrogens is 358 g/mol. The second-order valence-corrected chi connectivity index (χ2v) is 7.62. The lowest BCUT2D eigenvalue weighted by molar-refractivity contribution is 0.102. The second-order valence-electron chi connectivity index (χ2n) is 7.62. The molecule has 1 aliphatic rings. The molecule has 4 nitrogen and oxygen atoms in total. The monoisotopic (exact) mass is 385 g/mol. The Morgan fingerprint density at radius 2 is 1.48 bits per heavy atom. The molecule has 0 unspecified atom stereocenters. The number of hydrogen-bond donors (Lipinski definition) is 1. The van der Waals surface area contributed by atoms with Crippen LogP contribution in [0, 0.1) is 6.92 Å². The van der Waals surface area contributed by atoms with E-state index < -0.39 is 0 Å². The third-order valence-corrected chi connectivity index (χ3v) is 5.43. The number of piperazine rings is 1. The molecule has 0 atom stereocenters. The molecule has 148 valence electrons. The maximum absolute atomic E-state index is 12.4. The highest BCUT2D eigenvalue weighted by molar-refractivity contribution is 6.04. The number of aryl methyl sites for hydroxylation is 1. The van der Waals surface area contributed by atoms with Crippen molar-refractivity contribution in [1.29, 1.82) is 0 Å². The van der Waals surface area contributed by atoms with Crippen molar-refractivity contribution in [3.05, 3.63) is 95.6 Å². The van der Waals surface area contributed by atoms with Gasteiger partial charge in [0, 0.05) is 49.7 Å². The van der Waals surface area contributed by atoms with Gasteiger partial charge in [0.1, 0.15) is 0 Å². The summed E-state index contributed by atoms with van der Waals surface area (Å²) < 4.78 is 0. The van der Waals surface area contributed by atoms with Crippen molar-refractivity contribution >= 4 is 17.3 Å². The topological polar surface area (TPSA) is 35.6 Å². The number of carbonyl (C=O) groups is 1. The van der Waals surface area contributed by atoms with Crippen molar-refractivity contribution in [2.45, 2.75) is 13.5 Å². The van der Waals surface area contributed by atoms with E-state index in [-0.39, 0.29) is 5.91 Å². The van der Waals surface area contributed by atoms with Gasteiger partial charge in [-0.05, 0) is 48.9 Å². The first-order chi connectivity index (χ1) is 14.2. The van der Waals surface area contributed by atoms with Crippen molar-refractivity contribution in [2.75, 3.05) is 36.4 Å². The van der Waals surface area contributed by atoms with Crippen LogP contribution in [0.5, 0.6) is 0 Å². The summed E-state index contributed by atoms with van der Waals surface area (Å²) in [5.41, 5.74) is 5.23. The van der Waals surface area contributed by atoms with Crippen molar-refractivity contribution in [3.8, 4) is 0 Å². The van der Waals surface area contributed by atoms with E-state index in [1.165, 1.54) is 11.3 Å². The normalized spacial score (nSPS) is 14.6. The summed E-state index contributed by atoms with van der Waals surface area (Å²) >= 11 is 0. The van der Waals surface area contributed by atoms with E-state index >= 15 is 0 Å². The van der Waals surface area contributed by atoms with Gasteiger partial charge >= 0.3 is 0 Å². The van der Waals surface area contributed by atoms with Crippen LogP contribution in [-0.2, 0) is 6.54 Å². The molecule has 1 fully saturated rings. The molecule has 1 aliphatic heterocycles. The highest BCUT2D eigenvalue weighted by Gasteiger charge is 2.17. The van der Waals surface area contributed by atoms with Crippen molar-refractivity contribution in [1.82, 2.24) is 4.90 Å².